The van der Waals surface area contributed by atoms with E-state index in [1.54, 1.807) is 18.2 Å². The maximum absolute atomic E-state index is 7.28. The van der Waals surface area contributed by atoms with Crippen LogP contribution in [0.3, 0.4) is 0 Å². The van der Waals surface area contributed by atoms with Crippen molar-refractivity contribution in [1.82, 2.24) is 0 Å². The van der Waals surface area contributed by atoms with Gasteiger partial charge in [-0.15, -0.1) is 0 Å². The highest BCUT2D eigenvalue weighted by molar-refractivity contribution is 5.48. The van der Waals surface area contributed by atoms with Crippen LogP contribution in [0.2, 0.25) is 0 Å². The minimum absolute atomic E-state index is 0.144. The second kappa shape index (κ2) is 2.47. The third kappa shape index (κ3) is 0.978. The Morgan fingerprint density at radius 3 is 2.50 bits per heavy atom. The van der Waals surface area contributed by atoms with E-state index in [0.29, 0.717) is 5.75 Å². The number of benzene rings is 1. The average Bonchev–Trinajstić information content (AvgIpc) is 1.95. The summed E-state index contributed by atoms with van der Waals surface area (Å²) >= 11 is 0. The third-order valence-corrected chi connectivity index (χ3v) is 1.25. The van der Waals surface area contributed by atoms with Crippen LogP contribution in [0.1, 0.15) is 0 Å². The Kier molecular flexibility index (Phi) is 1.67. The first-order valence-electron chi connectivity index (χ1n) is 2.86. The highest BCUT2D eigenvalue weighted by atomic mass is 16.5. The van der Waals surface area contributed by atoms with E-state index < -0.39 is 0 Å². The molecule has 54 valence electrons. The van der Waals surface area contributed by atoms with Crippen LogP contribution in [0, 0.1) is 0 Å². The zero-order valence-electron chi connectivity index (χ0n) is 5.64. The van der Waals surface area contributed by atoms with Gasteiger partial charge in [0.05, 0.1) is 7.11 Å². The minimum atomic E-state index is 0.144. The first-order valence-corrected chi connectivity index (χ1v) is 2.86. The van der Waals surface area contributed by atoms with E-state index in [2.05, 4.69) is 0 Å². The van der Waals surface area contributed by atoms with Gasteiger partial charge in [0.2, 0.25) is 5.75 Å². The van der Waals surface area contributed by atoms with Crippen molar-refractivity contribution in [3.8, 4) is 17.2 Å². The van der Waals surface area contributed by atoms with Gasteiger partial charge in [0.25, 0.3) is 0 Å². The van der Waals surface area contributed by atoms with E-state index in [9.17, 15) is 0 Å². The third-order valence-electron chi connectivity index (χ3n) is 1.25. The smallest absolute Gasteiger partial charge is 0.393 e. The predicted octanol–water partition coefficient (Wildman–Crippen LogP) is 0.571. The van der Waals surface area contributed by atoms with E-state index >= 15 is 0 Å². The SMILES string of the molecule is COc1cccc([OH2+])c1[OH2+]. The molecule has 0 saturated heterocycles. The summed E-state index contributed by atoms with van der Waals surface area (Å²) in [7, 11) is 1.49. The van der Waals surface area contributed by atoms with Gasteiger partial charge in [-0.25, -0.2) is 0 Å². The van der Waals surface area contributed by atoms with Crippen molar-refractivity contribution in [1.29, 1.82) is 0 Å². The van der Waals surface area contributed by atoms with Crippen LogP contribution in [0.5, 0.6) is 17.2 Å². The van der Waals surface area contributed by atoms with Gasteiger partial charge in [0.1, 0.15) is 0 Å². The van der Waals surface area contributed by atoms with Crippen molar-refractivity contribution in [2.75, 3.05) is 7.11 Å². The summed E-state index contributed by atoms with van der Waals surface area (Å²) in [6, 6.07) is 4.92. The molecule has 1 rings (SSSR count). The van der Waals surface area contributed by atoms with Crippen molar-refractivity contribution < 1.29 is 14.9 Å². The van der Waals surface area contributed by atoms with E-state index in [0.717, 1.165) is 0 Å². The van der Waals surface area contributed by atoms with E-state index in [1.807, 2.05) is 0 Å². The Bertz CT molecular complexity index is 232. The highest BCUT2D eigenvalue weighted by Gasteiger charge is 2.13. The molecule has 0 unspecified atom stereocenters. The van der Waals surface area contributed by atoms with Gasteiger partial charge in [-0.3, -0.25) is 0 Å². The quantitative estimate of drug-likeness (QED) is 0.529. The first-order chi connectivity index (χ1) is 4.75. The summed E-state index contributed by atoms with van der Waals surface area (Å²) in [5.74, 6) is 0.789. The van der Waals surface area contributed by atoms with Gasteiger partial charge >= 0.3 is 11.5 Å². The zero-order chi connectivity index (χ0) is 7.56. The van der Waals surface area contributed by atoms with Crippen LogP contribution < -0.4 is 4.74 Å². The molecule has 0 aliphatic rings. The average molecular weight is 142 g/mol. The summed E-state index contributed by atoms with van der Waals surface area (Å²) in [6.07, 6.45) is 0. The van der Waals surface area contributed by atoms with E-state index in [-0.39, 0.29) is 11.5 Å². The number of methoxy groups -OCH3 is 1. The molecule has 3 heteroatoms. The lowest BCUT2D eigenvalue weighted by Crippen LogP contribution is -1.82. The fourth-order valence-corrected chi connectivity index (χ4v) is 0.701. The topological polar surface area (TPSA) is 55.0 Å². The van der Waals surface area contributed by atoms with Crippen LogP contribution in [0.4, 0.5) is 0 Å². The molecular weight excluding hydrogens is 132 g/mol. The van der Waals surface area contributed by atoms with Crippen molar-refractivity contribution in [2.45, 2.75) is 0 Å². The summed E-state index contributed by atoms with van der Waals surface area (Å²) in [6.45, 7) is 0. The van der Waals surface area contributed by atoms with Crippen LogP contribution in [0.25, 0.3) is 0 Å². The number of hydrogen-bond acceptors (Lipinski definition) is 1. The highest BCUT2D eigenvalue weighted by Crippen LogP contribution is 2.33. The molecule has 0 aliphatic heterocycles. The van der Waals surface area contributed by atoms with Crippen LogP contribution in [0.15, 0.2) is 18.2 Å². The molecule has 3 nitrogen and oxygen atoms in total. The van der Waals surface area contributed by atoms with Gasteiger partial charge in [0, 0.05) is 6.07 Å². The normalized spacial score (nSPS) is 9.30. The molecule has 0 spiro atoms. The lowest BCUT2D eigenvalue weighted by Gasteiger charge is -1.96. The van der Waals surface area contributed by atoms with Crippen molar-refractivity contribution in [2.24, 2.45) is 0 Å². The monoisotopic (exact) mass is 142 g/mol. The summed E-state index contributed by atoms with van der Waals surface area (Å²) in [4.78, 5) is 0. The summed E-state index contributed by atoms with van der Waals surface area (Å²) in [5.41, 5.74) is 0. The van der Waals surface area contributed by atoms with Gasteiger partial charge in [-0.1, -0.05) is 0 Å². The molecule has 1 aromatic rings. The Labute approximate surface area is 58.5 Å². The van der Waals surface area contributed by atoms with Gasteiger partial charge < -0.3 is 14.9 Å². The zero-order valence-corrected chi connectivity index (χ0v) is 5.64. The molecule has 0 fully saturated rings. The lowest BCUT2D eigenvalue weighted by atomic mass is 10.3. The van der Waals surface area contributed by atoms with Gasteiger partial charge in [-0.2, -0.15) is 0 Å². The van der Waals surface area contributed by atoms with Gasteiger partial charge in [0.15, 0.2) is 0 Å². The fraction of sp³-hybridized carbons (Fsp3) is 0.143. The fourth-order valence-electron chi connectivity index (χ4n) is 0.701. The molecule has 1 aromatic carbocycles. The van der Waals surface area contributed by atoms with Crippen LogP contribution in [-0.2, 0) is 0 Å². The second-order valence-corrected chi connectivity index (χ2v) is 1.88. The largest absolute Gasteiger partial charge is 0.587 e. The second-order valence-electron chi connectivity index (χ2n) is 1.88. The molecule has 0 bridgehead atoms. The Hall–Kier alpha value is -1.38. The van der Waals surface area contributed by atoms with Crippen LogP contribution in [-0.4, -0.2) is 17.3 Å². The molecule has 10 heavy (non-hydrogen) atoms. The lowest BCUT2D eigenvalue weighted by molar-refractivity contribution is 0.351. The van der Waals surface area contributed by atoms with Crippen molar-refractivity contribution in [3.05, 3.63) is 18.2 Å². The van der Waals surface area contributed by atoms with Crippen molar-refractivity contribution in [3.63, 3.8) is 0 Å². The molecule has 0 amide bonds. The number of ether oxygens (including phenoxy) is 1. The van der Waals surface area contributed by atoms with E-state index in [4.69, 9.17) is 14.9 Å². The van der Waals surface area contributed by atoms with Gasteiger partial charge in [-0.05, 0) is 12.1 Å². The summed E-state index contributed by atoms with van der Waals surface area (Å²) in [5, 5.41) is 14.5. The predicted molar refractivity (Wildman–Crippen MR) is 39.1 cm³/mol. The molecular formula is C7H10O3+2. The molecule has 0 aromatic heterocycles. The number of rotatable bonds is 1. The number of para-hydroxylation sites is 1. The Morgan fingerprint density at radius 1 is 1.30 bits per heavy atom. The molecule has 0 aliphatic carbocycles. The standard InChI is InChI=1S/C7H8O3/c1-10-6-4-2-3-5(8)7(6)9/h2-4,8-9H,1H3/p+2. The molecule has 4 N–H and O–H groups in total. The van der Waals surface area contributed by atoms with Crippen molar-refractivity contribution >= 4 is 0 Å². The maximum atomic E-state index is 7.28. The maximum Gasteiger partial charge on any atom is 0.393 e. The Balaban J connectivity index is 3.14. The van der Waals surface area contributed by atoms with Crippen LogP contribution >= 0.6 is 0 Å². The molecule has 0 heterocycles. The Morgan fingerprint density at radius 2 is 2.00 bits per heavy atom. The molecule has 0 saturated carbocycles. The minimum Gasteiger partial charge on any atom is -0.587 e. The summed E-state index contributed by atoms with van der Waals surface area (Å²) < 4.78 is 4.82. The first kappa shape index (κ1) is 6.74. The molecule has 0 atom stereocenters. The number of hydrogen-bond donors (Lipinski definition) is 0. The molecule has 0 radical (unpaired) electrons. The van der Waals surface area contributed by atoms with E-state index in [1.165, 1.54) is 7.11 Å².